The SMILES string of the molecule is CCS(=O)(=O)NCCNC(=O)[C@H]1Oc2ccccc2O[C@@H]1C. The van der Waals surface area contributed by atoms with Gasteiger partial charge in [-0.15, -0.1) is 0 Å². The van der Waals surface area contributed by atoms with E-state index in [1.807, 2.05) is 6.07 Å². The summed E-state index contributed by atoms with van der Waals surface area (Å²) in [6.07, 6.45) is -1.19. The van der Waals surface area contributed by atoms with Crippen molar-refractivity contribution in [3.63, 3.8) is 0 Å². The van der Waals surface area contributed by atoms with Gasteiger partial charge in [-0.05, 0) is 26.0 Å². The highest BCUT2D eigenvalue weighted by molar-refractivity contribution is 7.89. The van der Waals surface area contributed by atoms with E-state index in [9.17, 15) is 13.2 Å². The molecular weight excluding hydrogens is 308 g/mol. The first kappa shape index (κ1) is 16.6. The molecule has 122 valence electrons. The molecule has 7 nitrogen and oxygen atoms in total. The Morgan fingerprint density at radius 2 is 1.82 bits per heavy atom. The van der Waals surface area contributed by atoms with E-state index >= 15 is 0 Å². The number of carbonyl (C=O) groups excluding carboxylic acids is 1. The van der Waals surface area contributed by atoms with Crippen LogP contribution in [0.1, 0.15) is 13.8 Å². The largest absolute Gasteiger partial charge is 0.482 e. The summed E-state index contributed by atoms with van der Waals surface area (Å²) >= 11 is 0. The van der Waals surface area contributed by atoms with Crippen LogP contribution in [-0.2, 0) is 14.8 Å². The first-order valence-corrected chi connectivity index (χ1v) is 8.75. The quantitative estimate of drug-likeness (QED) is 0.731. The van der Waals surface area contributed by atoms with Gasteiger partial charge in [0.05, 0.1) is 5.75 Å². The van der Waals surface area contributed by atoms with Crippen molar-refractivity contribution < 1.29 is 22.7 Å². The number of rotatable bonds is 6. The van der Waals surface area contributed by atoms with E-state index in [4.69, 9.17) is 9.47 Å². The molecule has 0 unspecified atom stereocenters. The Labute approximate surface area is 130 Å². The van der Waals surface area contributed by atoms with E-state index in [1.165, 1.54) is 0 Å². The fourth-order valence-corrected chi connectivity index (χ4v) is 2.62. The van der Waals surface area contributed by atoms with Gasteiger partial charge in [0.25, 0.3) is 5.91 Å². The highest BCUT2D eigenvalue weighted by atomic mass is 32.2. The number of amides is 1. The summed E-state index contributed by atoms with van der Waals surface area (Å²) in [7, 11) is -3.25. The molecule has 2 atom stereocenters. The maximum atomic E-state index is 12.1. The Kier molecular flexibility index (Phi) is 5.25. The van der Waals surface area contributed by atoms with Crippen LogP contribution in [0.3, 0.4) is 0 Å². The van der Waals surface area contributed by atoms with Crippen molar-refractivity contribution in [2.75, 3.05) is 18.8 Å². The summed E-state index contributed by atoms with van der Waals surface area (Å²) < 4.78 is 36.2. The molecule has 0 saturated heterocycles. The fourth-order valence-electron chi connectivity index (χ4n) is 2.00. The molecule has 22 heavy (non-hydrogen) atoms. The number of carbonyl (C=O) groups is 1. The van der Waals surface area contributed by atoms with Gasteiger partial charge in [-0.25, -0.2) is 13.1 Å². The molecule has 1 aromatic carbocycles. The molecule has 0 spiro atoms. The summed E-state index contributed by atoms with van der Waals surface area (Å²) in [5.41, 5.74) is 0. The lowest BCUT2D eigenvalue weighted by Crippen LogP contribution is -2.50. The highest BCUT2D eigenvalue weighted by Gasteiger charge is 2.33. The Hall–Kier alpha value is -1.80. The summed E-state index contributed by atoms with van der Waals surface area (Å²) in [5.74, 6) is 0.800. The average Bonchev–Trinajstić information content (AvgIpc) is 2.50. The molecule has 1 aliphatic heterocycles. The van der Waals surface area contributed by atoms with E-state index in [2.05, 4.69) is 10.0 Å². The van der Waals surface area contributed by atoms with Crippen molar-refractivity contribution in [1.29, 1.82) is 0 Å². The second-order valence-electron chi connectivity index (χ2n) is 4.90. The minimum absolute atomic E-state index is 0.00827. The van der Waals surface area contributed by atoms with E-state index in [0.29, 0.717) is 11.5 Å². The van der Waals surface area contributed by atoms with Gasteiger partial charge in [-0.1, -0.05) is 12.1 Å². The molecule has 0 saturated carbocycles. The van der Waals surface area contributed by atoms with Crippen molar-refractivity contribution in [2.24, 2.45) is 0 Å². The lowest BCUT2D eigenvalue weighted by molar-refractivity contribution is -0.133. The monoisotopic (exact) mass is 328 g/mol. The van der Waals surface area contributed by atoms with Gasteiger partial charge in [-0.3, -0.25) is 4.79 Å². The van der Waals surface area contributed by atoms with Gasteiger partial charge in [0, 0.05) is 13.1 Å². The number of fused-ring (bicyclic) bond motifs is 1. The Bertz CT molecular complexity index is 632. The number of sulfonamides is 1. The van der Waals surface area contributed by atoms with Crippen LogP contribution in [0.15, 0.2) is 24.3 Å². The van der Waals surface area contributed by atoms with Crippen molar-refractivity contribution in [3.05, 3.63) is 24.3 Å². The number of ether oxygens (including phenoxy) is 2. The van der Waals surface area contributed by atoms with Crippen LogP contribution in [0.25, 0.3) is 0 Å². The molecular formula is C14H20N2O5S. The smallest absolute Gasteiger partial charge is 0.265 e. The first-order chi connectivity index (χ1) is 10.4. The standard InChI is InChI=1S/C14H20N2O5S/c1-3-22(18,19)16-9-8-15-14(17)13-10(2)20-11-6-4-5-7-12(11)21-13/h4-7,10,13,16H,3,8-9H2,1-2H3,(H,15,17)/t10-,13+/m1/s1. The Morgan fingerprint density at radius 1 is 1.18 bits per heavy atom. The van der Waals surface area contributed by atoms with E-state index in [1.54, 1.807) is 32.0 Å². The molecule has 1 aliphatic rings. The van der Waals surface area contributed by atoms with Gasteiger partial charge >= 0.3 is 0 Å². The van der Waals surface area contributed by atoms with Gasteiger partial charge in [0.1, 0.15) is 6.10 Å². The minimum Gasteiger partial charge on any atom is -0.482 e. The van der Waals surface area contributed by atoms with Crippen LogP contribution in [0, 0.1) is 0 Å². The molecule has 0 aliphatic carbocycles. The molecule has 0 aromatic heterocycles. The lowest BCUT2D eigenvalue weighted by Gasteiger charge is -2.31. The highest BCUT2D eigenvalue weighted by Crippen LogP contribution is 2.33. The summed E-state index contributed by atoms with van der Waals surface area (Å²) in [4.78, 5) is 12.1. The van der Waals surface area contributed by atoms with Crippen LogP contribution in [-0.4, -0.2) is 45.4 Å². The van der Waals surface area contributed by atoms with Crippen LogP contribution in [0.5, 0.6) is 11.5 Å². The summed E-state index contributed by atoms with van der Waals surface area (Å²) in [5, 5.41) is 2.64. The fraction of sp³-hybridized carbons (Fsp3) is 0.500. The number of benzene rings is 1. The van der Waals surface area contributed by atoms with Gasteiger partial charge in [-0.2, -0.15) is 0 Å². The summed E-state index contributed by atoms with van der Waals surface area (Å²) in [6, 6.07) is 7.14. The van der Waals surface area contributed by atoms with Crippen molar-refractivity contribution in [2.45, 2.75) is 26.1 Å². The number of nitrogens with one attached hydrogen (secondary N) is 2. The lowest BCUT2D eigenvalue weighted by atomic mass is 10.1. The molecule has 8 heteroatoms. The average molecular weight is 328 g/mol. The second-order valence-corrected chi connectivity index (χ2v) is 6.99. The zero-order valence-electron chi connectivity index (χ0n) is 12.5. The van der Waals surface area contributed by atoms with Crippen molar-refractivity contribution >= 4 is 15.9 Å². The third-order valence-electron chi connectivity index (χ3n) is 3.23. The van der Waals surface area contributed by atoms with Gasteiger partial charge in [0.2, 0.25) is 16.1 Å². The van der Waals surface area contributed by atoms with E-state index < -0.39 is 22.2 Å². The maximum absolute atomic E-state index is 12.1. The Balaban J connectivity index is 1.86. The van der Waals surface area contributed by atoms with Crippen LogP contribution < -0.4 is 19.5 Å². The van der Waals surface area contributed by atoms with Crippen molar-refractivity contribution in [1.82, 2.24) is 10.0 Å². The number of hydrogen-bond donors (Lipinski definition) is 2. The molecule has 1 aromatic rings. The zero-order chi connectivity index (χ0) is 16.2. The molecule has 1 heterocycles. The predicted octanol–water partition coefficient (Wildman–Crippen LogP) is 0.270. The molecule has 1 amide bonds. The normalized spacial score (nSPS) is 20.5. The molecule has 2 N–H and O–H groups in total. The topological polar surface area (TPSA) is 93.7 Å². The predicted molar refractivity (Wildman–Crippen MR) is 81.4 cm³/mol. The van der Waals surface area contributed by atoms with Crippen LogP contribution in [0.2, 0.25) is 0 Å². The van der Waals surface area contributed by atoms with Gasteiger partial charge in [0.15, 0.2) is 11.5 Å². The van der Waals surface area contributed by atoms with Gasteiger partial charge < -0.3 is 14.8 Å². The van der Waals surface area contributed by atoms with Crippen LogP contribution >= 0.6 is 0 Å². The third-order valence-corrected chi connectivity index (χ3v) is 4.63. The maximum Gasteiger partial charge on any atom is 0.265 e. The van der Waals surface area contributed by atoms with Crippen LogP contribution in [0.4, 0.5) is 0 Å². The van der Waals surface area contributed by atoms with E-state index in [0.717, 1.165) is 0 Å². The van der Waals surface area contributed by atoms with Crippen molar-refractivity contribution in [3.8, 4) is 11.5 Å². The molecule has 0 radical (unpaired) electrons. The third kappa shape index (κ3) is 4.11. The minimum atomic E-state index is -3.25. The molecule has 2 rings (SSSR count). The number of para-hydroxylation sites is 2. The van der Waals surface area contributed by atoms with E-state index in [-0.39, 0.29) is 24.7 Å². The first-order valence-electron chi connectivity index (χ1n) is 7.10. The number of hydrogen-bond acceptors (Lipinski definition) is 5. The molecule has 0 bridgehead atoms. The Morgan fingerprint density at radius 3 is 2.45 bits per heavy atom. The summed E-state index contributed by atoms with van der Waals surface area (Å²) in [6.45, 7) is 3.62. The second kappa shape index (κ2) is 6.97. The zero-order valence-corrected chi connectivity index (χ0v) is 13.4. The molecule has 0 fully saturated rings.